The van der Waals surface area contributed by atoms with Gasteiger partial charge >= 0.3 is 0 Å². The highest BCUT2D eigenvalue weighted by molar-refractivity contribution is 7.92. The maximum absolute atomic E-state index is 11.9. The fourth-order valence-electron chi connectivity index (χ4n) is 2.59. The smallest absolute Gasteiger partial charge is 0.238 e. The molecule has 2 N–H and O–H groups in total. The third kappa shape index (κ3) is 5.10. The molecule has 1 aliphatic rings. The number of carbonyl (C=O) groups is 1. The predicted octanol–water partition coefficient (Wildman–Crippen LogP) is 0.867. The van der Waals surface area contributed by atoms with Crippen LogP contribution in [0.4, 0.5) is 0 Å². The number of hydrogen-bond donors (Lipinski definition) is 2. The molecular weight excluding hydrogens is 266 g/mol. The second-order valence-electron chi connectivity index (χ2n) is 6.16. The van der Waals surface area contributed by atoms with Gasteiger partial charge in [0.15, 0.2) is 9.84 Å². The van der Waals surface area contributed by atoms with Crippen molar-refractivity contribution in [3.8, 4) is 0 Å². The van der Waals surface area contributed by atoms with Gasteiger partial charge in [-0.05, 0) is 32.1 Å². The Labute approximate surface area is 115 Å². The molecule has 1 amide bonds. The molecule has 19 heavy (non-hydrogen) atoms. The van der Waals surface area contributed by atoms with Crippen LogP contribution in [0.1, 0.15) is 46.5 Å². The summed E-state index contributed by atoms with van der Waals surface area (Å²) in [6.07, 6.45) is 2.35. The van der Waals surface area contributed by atoms with Gasteiger partial charge in [0, 0.05) is 6.54 Å². The van der Waals surface area contributed by atoms with Crippen molar-refractivity contribution in [3.63, 3.8) is 0 Å². The first kappa shape index (κ1) is 16.4. The van der Waals surface area contributed by atoms with Gasteiger partial charge in [-0.1, -0.05) is 20.3 Å². The molecule has 0 spiro atoms. The maximum Gasteiger partial charge on any atom is 0.238 e. The molecule has 0 aliphatic carbocycles. The molecule has 1 fully saturated rings. The Balaban J connectivity index is 2.55. The fourth-order valence-corrected chi connectivity index (χ4v) is 4.42. The molecule has 0 bridgehead atoms. The van der Waals surface area contributed by atoms with Gasteiger partial charge in [0.1, 0.15) is 5.25 Å². The van der Waals surface area contributed by atoms with E-state index < -0.39 is 26.6 Å². The highest BCUT2D eigenvalue weighted by Gasteiger charge is 2.35. The summed E-state index contributed by atoms with van der Waals surface area (Å²) in [4.78, 5) is 11.9. The van der Waals surface area contributed by atoms with Gasteiger partial charge in [0.2, 0.25) is 5.91 Å². The van der Waals surface area contributed by atoms with Crippen molar-refractivity contribution in [1.82, 2.24) is 5.32 Å². The Morgan fingerprint density at radius 3 is 2.58 bits per heavy atom. The standard InChI is InChI=1S/C13H25NO4S/c1-10(2)8-13(3,16)9-14-12(15)11-6-4-5-7-19(11,17)18/h10-11,16H,4-9H2,1-3H3,(H,14,15). The van der Waals surface area contributed by atoms with Crippen molar-refractivity contribution in [1.29, 1.82) is 0 Å². The highest BCUT2D eigenvalue weighted by Crippen LogP contribution is 2.20. The van der Waals surface area contributed by atoms with Crippen LogP contribution in [0.25, 0.3) is 0 Å². The van der Waals surface area contributed by atoms with Crippen LogP contribution in [0.2, 0.25) is 0 Å². The summed E-state index contributed by atoms with van der Waals surface area (Å²) < 4.78 is 23.6. The molecule has 1 aliphatic heterocycles. The maximum atomic E-state index is 11.9. The third-order valence-electron chi connectivity index (χ3n) is 3.36. The molecule has 0 radical (unpaired) electrons. The van der Waals surface area contributed by atoms with Crippen LogP contribution in [-0.4, -0.2) is 42.6 Å². The normalized spacial score (nSPS) is 25.8. The van der Waals surface area contributed by atoms with Gasteiger partial charge in [-0.15, -0.1) is 0 Å². The minimum absolute atomic E-state index is 0.0907. The van der Waals surface area contributed by atoms with Crippen molar-refractivity contribution in [3.05, 3.63) is 0 Å². The first-order valence-corrected chi connectivity index (χ1v) is 8.57. The Bertz CT molecular complexity index is 414. The summed E-state index contributed by atoms with van der Waals surface area (Å²) in [5.74, 6) is -0.0675. The van der Waals surface area contributed by atoms with Crippen molar-refractivity contribution < 1.29 is 18.3 Å². The number of aliphatic hydroxyl groups is 1. The minimum Gasteiger partial charge on any atom is -0.388 e. The van der Waals surface area contributed by atoms with E-state index in [2.05, 4.69) is 5.32 Å². The zero-order valence-electron chi connectivity index (χ0n) is 12.0. The van der Waals surface area contributed by atoms with E-state index in [0.717, 1.165) is 6.42 Å². The monoisotopic (exact) mass is 291 g/mol. The molecule has 1 saturated heterocycles. The second kappa shape index (κ2) is 6.22. The molecule has 0 aromatic rings. The fraction of sp³-hybridized carbons (Fsp3) is 0.923. The van der Waals surface area contributed by atoms with Gasteiger partial charge in [-0.25, -0.2) is 8.42 Å². The van der Waals surface area contributed by atoms with Crippen molar-refractivity contribution in [2.24, 2.45) is 5.92 Å². The lowest BCUT2D eigenvalue weighted by Crippen LogP contribution is -2.48. The van der Waals surface area contributed by atoms with Gasteiger partial charge in [0.25, 0.3) is 0 Å². The summed E-state index contributed by atoms with van der Waals surface area (Å²) in [6, 6.07) is 0. The van der Waals surface area contributed by atoms with Crippen LogP contribution in [0.15, 0.2) is 0 Å². The molecule has 0 aromatic carbocycles. The van der Waals surface area contributed by atoms with E-state index in [9.17, 15) is 18.3 Å². The van der Waals surface area contributed by atoms with Crippen LogP contribution in [0, 0.1) is 5.92 Å². The zero-order valence-corrected chi connectivity index (χ0v) is 12.8. The number of hydrogen-bond acceptors (Lipinski definition) is 4. The largest absolute Gasteiger partial charge is 0.388 e. The van der Waals surface area contributed by atoms with Crippen LogP contribution in [0.5, 0.6) is 0 Å². The van der Waals surface area contributed by atoms with E-state index in [0.29, 0.717) is 25.2 Å². The second-order valence-corrected chi connectivity index (χ2v) is 8.47. The van der Waals surface area contributed by atoms with E-state index >= 15 is 0 Å². The zero-order chi connectivity index (χ0) is 14.7. The van der Waals surface area contributed by atoms with Crippen molar-refractivity contribution in [2.45, 2.75) is 57.3 Å². The van der Waals surface area contributed by atoms with E-state index in [-0.39, 0.29) is 12.3 Å². The molecule has 1 heterocycles. The Morgan fingerprint density at radius 1 is 1.42 bits per heavy atom. The third-order valence-corrected chi connectivity index (χ3v) is 5.54. The molecule has 0 aromatic heterocycles. The van der Waals surface area contributed by atoms with E-state index in [1.807, 2.05) is 13.8 Å². The number of rotatable bonds is 5. The summed E-state index contributed by atoms with van der Waals surface area (Å²) in [5, 5.41) is 11.7. The molecule has 2 unspecified atom stereocenters. The molecule has 5 nitrogen and oxygen atoms in total. The molecular formula is C13H25NO4S. The number of nitrogens with one attached hydrogen (secondary N) is 1. The molecule has 0 saturated carbocycles. The Morgan fingerprint density at radius 2 is 2.05 bits per heavy atom. The van der Waals surface area contributed by atoms with Gasteiger partial charge < -0.3 is 10.4 Å². The number of carbonyl (C=O) groups excluding carboxylic acids is 1. The summed E-state index contributed by atoms with van der Waals surface area (Å²) in [6.45, 7) is 5.72. The molecule has 6 heteroatoms. The average Bonchev–Trinajstić information content (AvgIpc) is 2.23. The first-order chi connectivity index (χ1) is 8.64. The average molecular weight is 291 g/mol. The van der Waals surface area contributed by atoms with E-state index in [4.69, 9.17) is 0 Å². The topological polar surface area (TPSA) is 83.5 Å². The summed E-state index contributed by atoms with van der Waals surface area (Å²) in [5.41, 5.74) is -0.998. The predicted molar refractivity (Wildman–Crippen MR) is 74.5 cm³/mol. The summed E-state index contributed by atoms with van der Waals surface area (Å²) >= 11 is 0. The molecule has 1 rings (SSSR count). The minimum atomic E-state index is -3.31. The highest BCUT2D eigenvalue weighted by atomic mass is 32.2. The van der Waals surface area contributed by atoms with E-state index in [1.165, 1.54) is 0 Å². The lowest BCUT2D eigenvalue weighted by atomic mass is 9.94. The van der Waals surface area contributed by atoms with Crippen molar-refractivity contribution >= 4 is 15.7 Å². The van der Waals surface area contributed by atoms with Gasteiger partial charge in [-0.2, -0.15) is 0 Å². The van der Waals surface area contributed by atoms with Crippen molar-refractivity contribution in [2.75, 3.05) is 12.3 Å². The SMILES string of the molecule is CC(C)CC(C)(O)CNC(=O)C1CCCCS1(=O)=O. The summed E-state index contributed by atoms with van der Waals surface area (Å²) in [7, 11) is -3.31. The van der Waals surface area contributed by atoms with Crippen LogP contribution in [-0.2, 0) is 14.6 Å². The first-order valence-electron chi connectivity index (χ1n) is 6.86. The van der Waals surface area contributed by atoms with Crippen LogP contribution in [0.3, 0.4) is 0 Å². The lowest BCUT2D eigenvalue weighted by molar-refractivity contribution is -0.122. The Hall–Kier alpha value is -0.620. The molecule has 2 atom stereocenters. The Kier molecular flexibility index (Phi) is 5.38. The van der Waals surface area contributed by atoms with Gasteiger partial charge in [-0.3, -0.25) is 4.79 Å². The van der Waals surface area contributed by atoms with Gasteiger partial charge in [0.05, 0.1) is 11.4 Å². The number of sulfone groups is 1. The quantitative estimate of drug-likeness (QED) is 0.787. The molecule has 112 valence electrons. The van der Waals surface area contributed by atoms with Crippen LogP contribution < -0.4 is 5.32 Å². The number of amides is 1. The lowest BCUT2D eigenvalue weighted by Gasteiger charge is -2.27. The van der Waals surface area contributed by atoms with E-state index in [1.54, 1.807) is 6.92 Å². The van der Waals surface area contributed by atoms with Crippen LogP contribution >= 0.6 is 0 Å².